The molecule has 0 fully saturated rings. The van der Waals surface area contributed by atoms with Gasteiger partial charge in [0.05, 0.1) is 19.0 Å². The molecule has 2 heterocycles. The van der Waals surface area contributed by atoms with E-state index in [0.29, 0.717) is 6.42 Å². The van der Waals surface area contributed by atoms with Crippen molar-refractivity contribution in [2.45, 2.75) is 39.0 Å². The van der Waals surface area contributed by atoms with Crippen LogP contribution in [0.5, 0.6) is 0 Å². The zero-order valence-corrected chi connectivity index (χ0v) is 12.4. The van der Waals surface area contributed by atoms with Crippen molar-refractivity contribution in [3.05, 3.63) is 12.4 Å². The number of halogens is 1. The van der Waals surface area contributed by atoms with Crippen LogP contribution in [0.2, 0.25) is 0 Å². The standard InChI is InChI=1S/C13H20FN5O3/c1-3-13(2,5-20)7(21)4-8(22)19-6-16-9-10(15)17-12(14)18-11(9)19/h6-8,20-22H,3-5H2,1-2H3,(H2,15,17,18)/t7-,8+,13-/m1/s1. The summed E-state index contributed by atoms with van der Waals surface area (Å²) in [5.74, 6) is -0.122. The highest BCUT2D eigenvalue weighted by Gasteiger charge is 2.33. The molecule has 0 saturated carbocycles. The third-order valence-electron chi connectivity index (χ3n) is 4.15. The number of rotatable bonds is 6. The molecular weight excluding hydrogens is 293 g/mol. The first kappa shape index (κ1) is 16.5. The molecule has 0 bridgehead atoms. The van der Waals surface area contributed by atoms with Gasteiger partial charge in [0.15, 0.2) is 17.0 Å². The Labute approximate surface area is 126 Å². The highest BCUT2D eigenvalue weighted by atomic mass is 19.1. The van der Waals surface area contributed by atoms with Crippen LogP contribution in [0.25, 0.3) is 11.2 Å². The number of nitrogen functional groups attached to an aromatic ring is 1. The normalized spacial score (nSPS) is 17.4. The van der Waals surface area contributed by atoms with Crippen molar-refractivity contribution < 1.29 is 19.7 Å². The third kappa shape index (κ3) is 2.87. The van der Waals surface area contributed by atoms with Crippen LogP contribution in [0.3, 0.4) is 0 Å². The van der Waals surface area contributed by atoms with Crippen LogP contribution in [0, 0.1) is 11.5 Å². The lowest BCUT2D eigenvalue weighted by molar-refractivity contribution is -0.0492. The molecule has 0 saturated heterocycles. The van der Waals surface area contributed by atoms with Crippen molar-refractivity contribution in [2.24, 2.45) is 5.41 Å². The van der Waals surface area contributed by atoms with Crippen LogP contribution in [0.4, 0.5) is 10.2 Å². The lowest BCUT2D eigenvalue weighted by Gasteiger charge is -2.32. The van der Waals surface area contributed by atoms with Gasteiger partial charge in [-0.3, -0.25) is 4.57 Å². The molecule has 9 heteroatoms. The van der Waals surface area contributed by atoms with Gasteiger partial charge in [-0.1, -0.05) is 13.8 Å². The zero-order chi connectivity index (χ0) is 16.5. The molecule has 0 unspecified atom stereocenters. The van der Waals surface area contributed by atoms with E-state index < -0.39 is 23.8 Å². The summed E-state index contributed by atoms with van der Waals surface area (Å²) in [6, 6.07) is 0. The van der Waals surface area contributed by atoms with E-state index in [0.717, 1.165) is 0 Å². The lowest BCUT2D eigenvalue weighted by atomic mass is 9.80. The molecular formula is C13H20FN5O3. The van der Waals surface area contributed by atoms with Crippen molar-refractivity contribution in [2.75, 3.05) is 12.3 Å². The summed E-state index contributed by atoms with van der Waals surface area (Å²) in [6.07, 6.45) is -1.44. The van der Waals surface area contributed by atoms with Crippen LogP contribution in [-0.2, 0) is 0 Å². The SMILES string of the molecule is CC[C@](C)(CO)[C@H](O)C[C@H](O)n1cnc2c(N)nc(F)nc21. The van der Waals surface area contributed by atoms with Crippen molar-refractivity contribution in [1.29, 1.82) is 0 Å². The maximum Gasteiger partial charge on any atom is 0.312 e. The maximum atomic E-state index is 13.3. The number of aromatic nitrogens is 4. The minimum absolute atomic E-state index is 0.0481. The molecule has 5 N–H and O–H groups in total. The first-order chi connectivity index (χ1) is 10.3. The lowest BCUT2D eigenvalue weighted by Crippen LogP contribution is -2.37. The Morgan fingerprint density at radius 3 is 2.68 bits per heavy atom. The molecule has 3 atom stereocenters. The van der Waals surface area contributed by atoms with E-state index in [1.54, 1.807) is 6.92 Å². The quantitative estimate of drug-likeness (QED) is 0.560. The van der Waals surface area contributed by atoms with E-state index in [4.69, 9.17) is 5.73 Å². The number of aliphatic hydroxyl groups excluding tert-OH is 3. The van der Waals surface area contributed by atoms with Crippen molar-refractivity contribution >= 4 is 17.0 Å². The number of imidazole rings is 1. The number of nitrogens with two attached hydrogens (primary N) is 1. The number of hydrogen-bond acceptors (Lipinski definition) is 7. The Hall–Kier alpha value is -1.84. The first-order valence-electron chi connectivity index (χ1n) is 6.95. The number of aliphatic hydroxyl groups is 3. The third-order valence-corrected chi connectivity index (χ3v) is 4.15. The van der Waals surface area contributed by atoms with Gasteiger partial charge >= 0.3 is 6.08 Å². The van der Waals surface area contributed by atoms with Gasteiger partial charge in [-0.05, 0) is 6.42 Å². The predicted molar refractivity (Wildman–Crippen MR) is 77.1 cm³/mol. The molecule has 0 aromatic carbocycles. The van der Waals surface area contributed by atoms with E-state index in [1.807, 2.05) is 6.92 Å². The number of fused-ring (bicyclic) bond motifs is 1. The fourth-order valence-electron chi connectivity index (χ4n) is 2.18. The first-order valence-corrected chi connectivity index (χ1v) is 6.95. The summed E-state index contributed by atoms with van der Waals surface area (Å²) < 4.78 is 14.5. The van der Waals surface area contributed by atoms with Gasteiger partial charge in [-0.25, -0.2) is 4.98 Å². The van der Waals surface area contributed by atoms with Crippen LogP contribution < -0.4 is 5.73 Å². The predicted octanol–water partition coefficient (Wildman–Crippen LogP) is 0.198. The second kappa shape index (κ2) is 6.11. The molecule has 0 spiro atoms. The monoisotopic (exact) mass is 313 g/mol. The Kier molecular flexibility index (Phi) is 4.59. The van der Waals surface area contributed by atoms with Crippen LogP contribution in [0.15, 0.2) is 6.33 Å². The molecule has 0 amide bonds. The molecule has 0 aliphatic rings. The highest BCUT2D eigenvalue weighted by Crippen LogP contribution is 2.30. The molecule has 0 aliphatic carbocycles. The summed E-state index contributed by atoms with van der Waals surface area (Å²) in [7, 11) is 0. The largest absolute Gasteiger partial charge is 0.396 e. The van der Waals surface area contributed by atoms with Gasteiger partial charge in [0.25, 0.3) is 0 Å². The van der Waals surface area contributed by atoms with Crippen molar-refractivity contribution in [3.63, 3.8) is 0 Å². The van der Waals surface area contributed by atoms with Crippen LogP contribution >= 0.6 is 0 Å². The summed E-state index contributed by atoms with van der Waals surface area (Å²) in [5.41, 5.74) is 5.04. The molecule has 2 rings (SSSR count). The summed E-state index contributed by atoms with van der Waals surface area (Å²) in [5, 5.41) is 29.9. The van der Waals surface area contributed by atoms with E-state index in [1.165, 1.54) is 10.9 Å². The molecule has 122 valence electrons. The minimum Gasteiger partial charge on any atom is -0.396 e. The summed E-state index contributed by atoms with van der Waals surface area (Å²) >= 11 is 0. The van der Waals surface area contributed by atoms with Crippen molar-refractivity contribution in [1.82, 2.24) is 19.5 Å². The maximum absolute atomic E-state index is 13.3. The fraction of sp³-hybridized carbons (Fsp3) is 0.615. The van der Waals surface area contributed by atoms with E-state index in [9.17, 15) is 19.7 Å². The summed E-state index contributed by atoms with van der Waals surface area (Å²) in [4.78, 5) is 10.9. The molecule has 0 radical (unpaired) electrons. The van der Waals surface area contributed by atoms with Gasteiger partial charge < -0.3 is 21.1 Å². The van der Waals surface area contributed by atoms with E-state index in [-0.39, 0.29) is 30.0 Å². The average molecular weight is 313 g/mol. The van der Waals surface area contributed by atoms with Crippen LogP contribution in [-0.4, -0.2) is 47.5 Å². The molecule has 8 nitrogen and oxygen atoms in total. The Morgan fingerprint density at radius 2 is 2.09 bits per heavy atom. The number of nitrogens with zero attached hydrogens (tertiary/aromatic N) is 4. The van der Waals surface area contributed by atoms with Gasteiger partial charge in [0, 0.05) is 11.8 Å². The molecule has 2 aromatic rings. The topological polar surface area (TPSA) is 130 Å². The zero-order valence-electron chi connectivity index (χ0n) is 12.4. The van der Waals surface area contributed by atoms with Crippen LogP contribution in [0.1, 0.15) is 32.9 Å². The molecule has 22 heavy (non-hydrogen) atoms. The second-order valence-corrected chi connectivity index (χ2v) is 5.60. The Morgan fingerprint density at radius 1 is 1.41 bits per heavy atom. The van der Waals surface area contributed by atoms with Gasteiger partial charge in [-0.15, -0.1) is 0 Å². The van der Waals surface area contributed by atoms with E-state index in [2.05, 4.69) is 15.0 Å². The molecule has 0 aliphatic heterocycles. The number of hydrogen-bond donors (Lipinski definition) is 4. The van der Waals surface area contributed by atoms with Gasteiger partial charge in [0.1, 0.15) is 6.23 Å². The average Bonchev–Trinajstić information content (AvgIpc) is 2.90. The minimum atomic E-state index is -1.19. The molecule has 2 aromatic heterocycles. The fourth-order valence-corrected chi connectivity index (χ4v) is 2.18. The highest BCUT2D eigenvalue weighted by molar-refractivity contribution is 5.81. The summed E-state index contributed by atoms with van der Waals surface area (Å²) in [6.45, 7) is 3.34. The smallest absolute Gasteiger partial charge is 0.312 e. The number of anilines is 1. The van der Waals surface area contributed by atoms with Gasteiger partial charge in [-0.2, -0.15) is 14.4 Å². The second-order valence-electron chi connectivity index (χ2n) is 5.60. The van der Waals surface area contributed by atoms with E-state index >= 15 is 0 Å². The van der Waals surface area contributed by atoms with Gasteiger partial charge in [0.2, 0.25) is 0 Å². The Bertz CT molecular complexity index is 658. The Balaban J connectivity index is 2.29. The van der Waals surface area contributed by atoms with Crippen molar-refractivity contribution in [3.8, 4) is 0 Å².